The summed E-state index contributed by atoms with van der Waals surface area (Å²) in [7, 11) is 1.89. The number of carbonyl (C=O) groups is 1. The van der Waals surface area contributed by atoms with Crippen molar-refractivity contribution in [3.05, 3.63) is 60.2 Å². The van der Waals surface area contributed by atoms with Gasteiger partial charge in [-0.1, -0.05) is 42.5 Å². The number of amides is 1. The molecule has 136 valence electrons. The summed E-state index contributed by atoms with van der Waals surface area (Å²) in [6, 6.07) is 18.5. The van der Waals surface area contributed by atoms with Gasteiger partial charge in [0.25, 0.3) is 0 Å². The average Bonchev–Trinajstić information content (AvgIpc) is 3.00. The Bertz CT molecular complexity index is 842. The van der Waals surface area contributed by atoms with Crippen LogP contribution in [0, 0.1) is 0 Å². The van der Waals surface area contributed by atoms with Crippen molar-refractivity contribution in [2.45, 2.75) is 32.2 Å². The third-order valence-electron chi connectivity index (χ3n) is 4.43. The van der Waals surface area contributed by atoms with Gasteiger partial charge in [0, 0.05) is 13.0 Å². The lowest BCUT2D eigenvalue weighted by Gasteiger charge is -2.10. The number of hydrogen-bond acceptors (Lipinski definition) is 3. The zero-order chi connectivity index (χ0) is 18.2. The lowest BCUT2D eigenvalue weighted by atomic mass is 10.1. The Hall–Kier alpha value is -2.66. The molecule has 2 N–H and O–H groups in total. The molecule has 0 saturated heterocycles. The van der Waals surface area contributed by atoms with E-state index in [-0.39, 0.29) is 5.91 Å². The predicted molar refractivity (Wildman–Crippen MR) is 106 cm³/mol. The fourth-order valence-corrected chi connectivity index (χ4v) is 3.10. The minimum Gasteiger partial charge on any atom is -0.320 e. The van der Waals surface area contributed by atoms with Gasteiger partial charge in [0.05, 0.1) is 11.0 Å². The molecule has 3 rings (SSSR count). The van der Waals surface area contributed by atoms with E-state index in [9.17, 15) is 4.79 Å². The number of imidazole rings is 1. The number of para-hydroxylation sites is 2. The van der Waals surface area contributed by atoms with E-state index in [2.05, 4.69) is 50.5 Å². The highest BCUT2D eigenvalue weighted by Crippen LogP contribution is 2.21. The summed E-state index contributed by atoms with van der Waals surface area (Å²) < 4.78 is 2.12. The number of rotatable bonds is 9. The first-order chi connectivity index (χ1) is 12.8. The lowest BCUT2D eigenvalue weighted by Crippen LogP contribution is -2.18. The topological polar surface area (TPSA) is 59.0 Å². The Labute approximate surface area is 154 Å². The Balaban J connectivity index is 1.71. The third-order valence-corrected chi connectivity index (χ3v) is 4.43. The van der Waals surface area contributed by atoms with E-state index >= 15 is 0 Å². The average molecular weight is 350 g/mol. The second kappa shape index (κ2) is 9.15. The van der Waals surface area contributed by atoms with E-state index in [4.69, 9.17) is 0 Å². The zero-order valence-electron chi connectivity index (χ0n) is 15.2. The Morgan fingerprint density at radius 2 is 1.81 bits per heavy atom. The van der Waals surface area contributed by atoms with Gasteiger partial charge in [0.2, 0.25) is 11.9 Å². The quantitative estimate of drug-likeness (QED) is 0.580. The maximum absolute atomic E-state index is 12.2. The van der Waals surface area contributed by atoms with Gasteiger partial charge in [-0.15, -0.1) is 0 Å². The molecular formula is C21H26N4O. The molecule has 2 aromatic carbocycles. The second-order valence-electron chi connectivity index (χ2n) is 6.42. The molecule has 1 aromatic heterocycles. The molecule has 0 aliphatic carbocycles. The van der Waals surface area contributed by atoms with Gasteiger partial charge in [-0.2, -0.15) is 0 Å². The van der Waals surface area contributed by atoms with Crippen molar-refractivity contribution in [3.63, 3.8) is 0 Å². The molecule has 0 bridgehead atoms. The van der Waals surface area contributed by atoms with Crippen molar-refractivity contribution >= 4 is 22.9 Å². The molecule has 5 heteroatoms. The molecule has 1 amide bonds. The first-order valence-corrected chi connectivity index (χ1v) is 9.21. The van der Waals surface area contributed by atoms with Crippen LogP contribution in [0.25, 0.3) is 11.0 Å². The fourth-order valence-electron chi connectivity index (χ4n) is 3.10. The van der Waals surface area contributed by atoms with E-state index in [1.165, 1.54) is 5.56 Å². The van der Waals surface area contributed by atoms with Crippen LogP contribution >= 0.6 is 0 Å². The number of aryl methyl sites for hydroxylation is 2. The highest BCUT2D eigenvalue weighted by Gasteiger charge is 2.12. The van der Waals surface area contributed by atoms with Crippen LogP contribution in [0.15, 0.2) is 54.6 Å². The molecule has 26 heavy (non-hydrogen) atoms. The van der Waals surface area contributed by atoms with Crippen LogP contribution in [-0.4, -0.2) is 29.1 Å². The van der Waals surface area contributed by atoms with Crippen molar-refractivity contribution in [1.82, 2.24) is 14.9 Å². The summed E-state index contributed by atoms with van der Waals surface area (Å²) >= 11 is 0. The van der Waals surface area contributed by atoms with E-state index in [1.807, 2.05) is 31.3 Å². The molecule has 0 spiro atoms. The van der Waals surface area contributed by atoms with Gasteiger partial charge in [-0.25, -0.2) is 4.98 Å². The smallest absolute Gasteiger partial charge is 0.226 e. The van der Waals surface area contributed by atoms with Crippen LogP contribution < -0.4 is 10.6 Å². The molecule has 0 unspecified atom stereocenters. The number of fused-ring (bicyclic) bond motifs is 1. The Kier molecular flexibility index (Phi) is 6.39. The molecule has 0 aliphatic heterocycles. The predicted octanol–water partition coefficient (Wildman–Crippen LogP) is 3.61. The number of nitrogens with zero attached hydrogens (tertiary/aromatic N) is 2. The van der Waals surface area contributed by atoms with Crippen LogP contribution in [-0.2, 0) is 17.8 Å². The van der Waals surface area contributed by atoms with Gasteiger partial charge in [-0.3, -0.25) is 10.1 Å². The van der Waals surface area contributed by atoms with Crippen LogP contribution in [0.1, 0.15) is 24.8 Å². The number of aromatic nitrogens is 2. The molecule has 5 nitrogen and oxygen atoms in total. The minimum absolute atomic E-state index is 0.0138. The molecule has 3 aromatic rings. The van der Waals surface area contributed by atoms with Crippen LogP contribution in [0.4, 0.5) is 5.95 Å². The molecule has 0 aliphatic rings. The first kappa shape index (κ1) is 18.1. The molecule has 0 atom stereocenters. The van der Waals surface area contributed by atoms with Gasteiger partial charge in [0.15, 0.2) is 0 Å². The highest BCUT2D eigenvalue weighted by atomic mass is 16.1. The van der Waals surface area contributed by atoms with Crippen molar-refractivity contribution < 1.29 is 4.79 Å². The maximum atomic E-state index is 12.2. The van der Waals surface area contributed by atoms with Gasteiger partial charge < -0.3 is 9.88 Å². The van der Waals surface area contributed by atoms with E-state index in [1.54, 1.807) is 0 Å². The van der Waals surface area contributed by atoms with Gasteiger partial charge >= 0.3 is 0 Å². The monoisotopic (exact) mass is 350 g/mol. The lowest BCUT2D eigenvalue weighted by molar-refractivity contribution is -0.116. The molecule has 1 heterocycles. The van der Waals surface area contributed by atoms with Crippen molar-refractivity contribution in [2.75, 3.05) is 18.9 Å². The summed E-state index contributed by atoms with van der Waals surface area (Å²) in [4.78, 5) is 16.8. The fraction of sp³-hybridized carbons (Fsp3) is 0.333. The minimum atomic E-state index is 0.0138. The summed E-state index contributed by atoms with van der Waals surface area (Å²) in [5.41, 5.74) is 3.30. The number of carbonyl (C=O) groups excluding carboxylic acids is 1. The van der Waals surface area contributed by atoms with Crippen molar-refractivity contribution in [1.29, 1.82) is 0 Å². The number of anilines is 1. The number of nitrogens with one attached hydrogen (secondary N) is 2. The first-order valence-electron chi connectivity index (χ1n) is 9.21. The van der Waals surface area contributed by atoms with Crippen LogP contribution in [0.3, 0.4) is 0 Å². The number of hydrogen-bond donors (Lipinski definition) is 2. The largest absolute Gasteiger partial charge is 0.320 e. The summed E-state index contributed by atoms with van der Waals surface area (Å²) in [5, 5.41) is 6.06. The maximum Gasteiger partial charge on any atom is 0.226 e. The second-order valence-corrected chi connectivity index (χ2v) is 6.42. The molecule has 0 saturated carbocycles. The normalized spacial score (nSPS) is 11.0. The van der Waals surface area contributed by atoms with Crippen molar-refractivity contribution in [2.24, 2.45) is 0 Å². The molecule has 0 fully saturated rings. The summed E-state index contributed by atoms with van der Waals surface area (Å²) in [5.74, 6) is 0.661. The summed E-state index contributed by atoms with van der Waals surface area (Å²) in [6.07, 6.45) is 3.31. The Morgan fingerprint density at radius 1 is 1.04 bits per heavy atom. The van der Waals surface area contributed by atoms with Crippen LogP contribution in [0.2, 0.25) is 0 Å². The Morgan fingerprint density at radius 3 is 2.62 bits per heavy atom. The van der Waals surface area contributed by atoms with Gasteiger partial charge in [0.1, 0.15) is 0 Å². The van der Waals surface area contributed by atoms with Gasteiger partial charge in [-0.05, 0) is 50.6 Å². The highest BCUT2D eigenvalue weighted by molar-refractivity contribution is 5.91. The molecule has 0 radical (unpaired) electrons. The van der Waals surface area contributed by atoms with E-state index in [0.717, 1.165) is 43.4 Å². The standard InChI is InChI=1S/C21H26N4O/c1-22-15-7-14-20(26)24-21-23-18-12-5-6-13-19(18)25(21)16-8-11-17-9-3-2-4-10-17/h2-6,9-10,12-13,22H,7-8,11,14-16H2,1H3,(H,23,24,26). The van der Waals surface area contributed by atoms with E-state index < -0.39 is 0 Å². The van der Waals surface area contributed by atoms with Crippen LogP contribution in [0.5, 0.6) is 0 Å². The van der Waals surface area contributed by atoms with Crippen molar-refractivity contribution in [3.8, 4) is 0 Å². The third kappa shape index (κ3) is 4.70. The summed E-state index contributed by atoms with van der Waals surface area (Å²) in [6.45, 7) is 1.66. The SMILES string of the molecule is CNCCCC(=O)Nc1nc2ccccc2n1CCCc1ccccc1. The molecular weight excluding hydrogens is 324 g/mol. The van der Waals surface area contributed by atoms with E-state index in [0.29, 0.717) is 12.4 Å². The zero-order valence-corrected chi connectivity index (χ0v) is 15.2. The number of benzene rings is 2.